The van der Waals surface area contributed by atoms with Gasteiger partial charge in [0.15, 0.2) is 0 Å². The molecule has 6 heteroatoms. The van der Waals surface area contributed by atoms with Crippen LogP contribution in [-0.2, 0) is 10.2 Å². The molecule has 1 aliphatic carbocycles. The van der Waals surface area contributed by atoms with Crippen LogP contribution < -0.4 is 5.32 Å². The largest absolute Gasteiger partial charge is 0.349 e. The molecule has 214 valence electrons. The van der Waals surface area contributed by atoms with E-state index in [1.54, 1.807) is 41.3 Å². The van der Waals surface area contributed by atoms with Gasteiger partial charge in [0, 0.05) is 18.7 Å². The molecule has 1 saturated carbocycles. The van der Waals surface area contributed by atoms with E-state index >= 15 is 0 Å². The third kappa shape index (κ3) is 5.98. The molecule has 0 radical (unpaired) electrons. The molecule has 1 N–H and O–H groups in total. The summed E-state index contributed by atoms with van der Waals surface area (Å²) in [4.78, 5) is 29.5. The normalized spacial score (nSPS) is 17.0. The SMILES string of the molecule is O=C(c1ccc(-c2ccc(F)cc2)cc1)N1CCC(C(=O)NC(CC2CC2)c2ccccc2)(c2ccc(F)cc2)CC1. The minimum absolute atomic E-state index is 0.0700. The molecule has 1 atom stereocenters. The number of rotatable bonds is 8. The smallest absolute Gasteiger partial charge is 0.253 e. The van der Waals surface area contributed by atoms with Gasteiger partial charge in [-0.3, -0.25) is 9.59 Å². The van der Waals surface area contributed by atoms with Crippen molar-refractivity contribution >= 4 is 11.8 Å². The summed E-state index contributed by atoms with van der Waals surface area (Å²) in [6.45, 7) is 0.809. The zero-order valence-corrected chi connectivity index (χ0v) is 23.4. The number of hydrogen-bond acceptors (Lipinski definition) is 2. The second-order valence-corrected chi connectivity index (χ2v) is 11.6. The Morgan fingerprint density at radius 2 is 1.31 bits per heavy atom. The van der Waals surface area contributed by atoms with Crippen molar-refractivity contribution in [1.82, 2.24) is 10.2 Å². The Morgan fingerprint density at radius 3 is 1.88 bits per heavy atom. The summed E-state index contributed by atoms with van der Waals surface area (Å²) in [6.07, 6.45) is 4.14. The topological polar surface area (TPSA) is 49.4 Å². The first kappa shape index (κ1) is 27.8. The highest BCUT2D eigenvalue weighted by Gasteiger charge is 2.45. The fraction of sp³-hybridized carbons (Fsp3) is 0.278. The monoisotopic (exact) mass is 564 g/mol. The lowest BCUT2D eigenvalue weighted by molar-refractivity contribution is -0.129. The molecular formula is C36H34F2N2O2. The Balaban J connectivity index is 1.20. The number of halogens is 2. The molecule has 1 aliphatic heterocycles. The molecule has 4 aromatic rings. The van der Waals surface area contributed by atoms with Gasteiger partial charge in [-0.05, 0) is 83.8 Å². The number of nitrogens with one attached hydrogen (secondary N) is 1. The van der Waals surface area contributed by atoms with Crippen molar-refractivity contribution in [2.75, 3.05) is 13.1 Å². The average molecular weight is 565 g/mol. The van der Waals surface area contributed by atoms with Crippen molar-refractivity contribution in [3.63, 3.8) is 0 Å². The van der Waals surface area contributed by atoms with Gasteiger partial charge >= 0.3 is 0 Å². The van der Waals surface area contributed by atoms with Crippen LogP contribution in [0, 0.1) is 17.6 Å². The lowest BCUT2D eigenvalue weighted by Gasteiger charge is -2.42. The van der Waals surface area contributed by atoms with Gasteiger partial charge in [-0.1, -0.05) is 79.6 Å². The summed E-state index contributed by atoms with van der Waals surface area (Å²) in [5, 5.41) is 3.37. The van der Waals surface area contributed by atoms with E-state index in [4.69, 9.17) is 0 Å². The van der Waals surface area contributed by atoms with E-state index < -0.39 is 5.41 Å². The van der Waals surface area contributed by atoms with Crippen LogP contribution >= 0.6 is 0 Å². The van der Waals surface area contributed by atoms with Crippen LogP contribution in [0.25, 0.3) is 11.1 Å². The molecule has 0 aromatic heterocycles. The molecule has 2 fully saturated rings. The van der Waals surface area contributed by atoms with Gasteiger partial charge in [0.05, 0.1) is 11.5 Å². The maximum Gasteiger partial charge on any atom is 0.253 e. The lowest BCUT2D eigenvalue weighted by Crippen LogP contribution is -2.53. The van der Waals surface area contributed by atoms with E-state index in [1.807, 2.05) is 30.3 Å². The third-order valence-corrected chi connectivity index (χ3v) is 8.82. The molecule has 6 rings (SSSR count). The number of benzene rings is 4. The summed E-state index contributed by atoms with van der Waals surface area (Å²) >= 11 is 0. The van der Waals surface area contributed by atoms with E-state index in [9.17, 15) is 18.4 Å². The third-order valence-electron chi connectivity index (χ3n) is 8.82. The Morgan fingerprint density at radius 1 is 0.762 bits per heavy atom. The van der Waals surface area contributed by atoms with Gasteiger partial charge < -0.3 is 10.2 Å². The summed E-state index contributed by atoms with van der Waals surface area (Å²) in [6, 6.07) is 29.8. The zero-order chi connectivity index (χ0) is 29.1. The first-order chi connectivity index (χ1) is 20.4. The Hall–Kier alpha value is -4.32. The fourth-order valence-electron chi connectivity index (χ4n) is 6.08. The molecule has 2 aliphatic rings. The Bertz CT molecular complexity index is 1520. The van der Waals surface area contributed by atoms with E-state index in [2.05, 4.69) is 17.4 Å². The van der Waals surface area contributed by atoms with Crippen molar-refractivity contribution < 1.29 is 18.4 Å². The average Bonchev–Trinajstić information content (AvgIpc) is 3.86. The van der Waals surface area contributed by atoms with Crippen LogP contribution in [-0.4, -0.2) is 29.8 Å². The number of hydrogen-bond donors (Lipinski definition) is 1. The van der Waals surface area contributed by atoms with Crippen LogP contribution in [0.15, 0.2) is 103 Å². The van der Waals surface area contributed by atoms with E-state index in [-0.39, 0.29) is 29.5 Å². The van der Waals surface area contributed by atoms with Gasteiger partial charge in [-0.25, -0.2) is 8.78 Å². The van der Waals surface area contributed by atoms with E-state index in [0.29, 0.717) is 37.4 Å². The molecule has 4 aromatic carbocycles. The van der Waals surface area contributed by atoms with Crippen molar-refractivity contribution in [2.24, 2.45) is 5.92 Å². The molecule has 2 amide bonds. The van der Waals surface area contributed by atoms with Crippen molar-refractivity contribution in [3.8, 4) is 11.1 Å². The zero-order valence-electron chi connectivity index (χ0n) is 23.4. The summed E-state index contributed by atoms with van der Waals surface area (Å²) in [5.74, 6) is -0.184. The van der Waals surface area contributed by atoms with Crippen LogP contribution in [0.1, 0.15) is 59.6 Å². The minimum Gasteiger partial charge on any atom is -0.349 e. The molecule has 1 heterocycles. The molecular weight excluding hydrogens is 530 g/mol. The van der Waals surface area contributed by atoms with Crippen LogP contribution in [0.3, 0.4) is 0 Å². The molecule has 42 heavy (non-hydrogen) atoms. The van der Waals surface area contributed by atoms with Gasteiger partial charge in [-0.2, -0.15) is 0 Å². The predicted octanol–water partition coefficient (Wildman–Crippen LogP) is 7.46. The summed E-state index contributed by atoms with van der Waals surface area (Å²) in [7, 11) is 0. The maximum absolute atomic E-state index is 14.2. The molecule has 1 unspecified atom stereocenters. The van der Waals surface area contributed by atoms with E-state index in [1.165, 1.54) is 37.1 Å². The van der Waals surface area contributed by atoms with Crippen molar-refractivity contribution in [1.29, 1.82) is 0 Å². The van der Waals surface area contributed by atoms with Crippen LogP contribution in [0.2, 0.25) is 0 Å². The van der Waals surface area contributed by atoms with Crippen LogP contribution in [0.5, 0.6) is 0 Å². The second-order valence-electron chi connectivity index (χ2n) is 11.6. The number of carbonyl (C=O) groups is 2. The number of carbonyl (C=O) groups excluding carboxylic acids is 2. The van der Waals surface area contributed by atoms with E-state index in [0.717, 1.165) is 28.7 Å². The Labute approximate surface area is 245 Å². The predicted molar refractivity (Wildman–Crippen MR) is 160 cm³/mol. The van der Waals surface area contributed by atoms with Crippen LogP contribution in [0.4, 0.5) is 8.78 Å². The summed E-state index contributed by atoms with van der Waals surface area (Å²) in [5.41, 5.74) is 3.33. The summed E-state index contributed by atoms with van der Waals surface area (Å²) < 4.78 is 27.2. The highest BCUT2D eigenvalue weighted by Crippen LogP contribution is 2.40. The lowest BCUT2D eigenvalue weighted by atomic mass is 9.71. The van der Waals surface area contributed by atoms with Gasteiger partial charge in [0.2, 0.25) is 5.91 Å². The number of piperidine rings is 1. The number of amides is 2. The highest BCUT2D eigenvalue weighted by molar-refractivity contribution is 5.95. The van der Waals surface area contributed by atoms with Gasteiger partial charge in [0.25, 0.3) is 5.91 Å². The maximum atomic E-state index is 14.2. The van der Waals surface area contributed by atoms with Crippen molar-refractivity contribution in [3.05, 3.63) is 131 Å². The molecule has 1 saturated heterocycles. The Kier molecular flexibility index (Phi) is 7.88. The molecule has 4 nitrogen and oxygen atoms in total. The highest BCUT2D eigenvalue weighted by atomic mass is 19.1. The number of likely N-dealkylation sites (tertiary alicyclic amines) is 1. The van der Waals surface area contributed by atoms with Gasteiger partial charge in [-0.15, -0.1) is 0 Å². The van der Waals surface area contributed by atoms with Crippen molar-refractivity contribution in [2.45, 2.75) is 43.6 Å². The quantitative estimate of drug-likeness (QED) is 0.242. The minimum atomic E-state index is -0.868. The first-order valence-electron chi connectivity index (χ1n) is 14.7. The molecule has 0 spiro atoms. The second kappa shape index (κ2) is 11.9. The standard InChI is InChI=1S/C36H34F2N2O2/c37-31-16-12-27(13-17-31)26-8-10-29(11-9-26)34(41)40-22-20-36(21-23-40,30-14-18-32(38)19-15-30)35(42)39-33(24-25-6-7-25)28-4-2-1-3-5-28/h1-5,8-19,25,33H,6-7,20-24H2,(H,39,42). The fourth-order valence-corrected chi connectivity index (χ4v) is 6.08. The molecule has 0 bridgehead atoms. The first-order valence-corrected chi connectivity index (χ1v) is 14.7. The number of nitrogens with zero attached hydrogens (tertiary/aromatic N) is 1. The van der Waals surface area contributed by atoms with Gasteiger partial charge in [0.1, 0.15) is 11.6 Å².